The molecule has 1 unspecified atom stereocenters. The number of urea groups is 1. The first-order valence-corrected chi connectivity index (χ1v) is 7.43. The highest BCUT2D eigenvalue weighted by Crippen LogP contribution is 2.33. The first kappa shape index (κ1) is 13.5. The Kier molecular flexibility index (Phi) is 4.37. The van der Waals surface area contributed by atoms with E-state index in [4.69, 9.17) is 4.74 Å². The minimum atomic E-state index is -0.136. The van der Waals surface area contributed by atoms with Gasteiger partial charge in [0, 0.05) is 11.0 Å². The van der Waals surface area contributed by atoms with Crippen LogP contribution in [0.1, 0.15) is 26.2 Å². The van der Waals surface area contributed by atoms with Gasteiger partial charge >= 0.3 is 12.0 Å². The zero-order valence-corrected chi connectivity index (χ0v) is 11.6. The molecule has 4 atom stereocenters. The van der Waals surface area contributed by atoms with Crippen molar-refractivity contribution < 1.29 is 14.3 Å². The van der Waals surface area contributed by atoms with Crippen molar-refractivity contribution in [2.24, 2.45) is 5.92 Å². The lowest BCUT2D eigenvalue weighted by atomic mass is 9.99. The highest BCUT2D eigenvalue weighted by Gasteiger charge is 2.42. The van der Waals surface area contributed by atoms with Gasteiger partial charge in [0.05, 0.1) is 25.1 Å². The summed E-state index contributed by atoms with van der Waals surface area (Å²) in [5.74, 6) is 0.817. The van der Waals surface area contributed by atoms with Crippen LogP contribution in [0.2, 0.25) is 0 Å². The van der Waals surface area contributed by atoms with E-state index in [-0.39, 0.29) is 30.0 Å². The number of hydrogen-bond acceptors (Lipinski definition) is 4. The second kappa shape index (κ2) is 5.82. The molecule has 0 spiro atoms. The van der Waals surface area contributed by atoms with Crippen molar-refractivity contribution in [2.75, 3.05) is 12.9 Å². The molecule has 0 bridgehead atoms. The Labute approximate surface area is 111 Å². The molecule has 0 aromatic rings. The number of hydrogen-bond donors (Lipinski definition) is 2. The molecule has 2 heterocycles. The monoisotopic (exact) mass is 272 g/mol. The molecule has 2 saturated heterocycles. The number of carbonyl (C=O) groups excluding carboxylic acids is 2. The zero-order valence-electron chi connectivity index (χ0n) is 10.8. The van der Waals surface area contributed by atoms with Crippen LogP contribution in [0.25, 0.3) is 0 Å². The number of ether oxygens (including phenoxy) is 1. The zero-order chi connectivity index (χ0) is 13.1. The van der Waals surface area contributed by atoms with E-state index in [1.54, 1.807) is 0 Å². The summed E-state index contributed by atoms with van der Waals surface area (Å²) in [6.45, 7) is 1.90. The number of rotatable bonds is 5. The van der Waals surface area contributed by atoms with Gasteiger partial charge in [0.15, 0.2) is 0 Å². The molecule has 0 aliphatic carbocycles. The van der Waals surface area contributed by atoms with Crippen LogP contribution < -0.4 is 10.6 Å². The lowest BCUT2D eigenvalue weighted by Crippen LogP contribution is -2.36. The maximum atomic E-state index is 11.3. The molecule has 0 radical (unpaired) electrons. The van der Waals surface area contributed by atoms with Crippen molar-refractivity contribution in [3.05, 3.63) is 0 Å². The van der Waals surface area contributed by atoms with Gasteiger partial charge in [-0.25, -0.2) is 4.79 Å². The van der Waals surface area contributed by atoms with Gasteiger partial charge < -0.3 is 15.4 Å². The van der Waals surface area contributed by atoms with Crippen molar-refractivity contribution in [3.63, 3.8) is 0 Å². The van der Waals surface area contributed by atoms with Crippen LogP contribution in [-0.2, 0) is 9.53 Å². The standard InChI is InChI=1S/C12H20N2O3S/c1-7(11(15)17-2)4-3-5-9-10-8(6-18-9)13-12(16)14-10/h7-10H,3-6H2,1-2H3,(H2,13,14,16)/t7?,8-,9-,10-/m0/s1. The van der Waals surface area contributed by atoms with E-state index in [0.717, 1.165) is 25.0 Å². The topological polar surface area (TPSA) is 67.4 Å². The minimum Gasteiger partial charge on any atom is -0.469 e. The van der Waals surface area contributed by atoms with Gasteiger partial charge in [-0.05, 0) is 12.8 Å². The average Bonchev–Trinajstić information content (AvgIpc) is 2.88. The molecule has 0 saturated carbocycles. The van der Waals surface area contributed by atoms with Gasteiger partial charge in [-0.1, -0.05) is 13.3 Å². The summed E-state index contributed by atoms with van der Waals surface area (Å²) in [6, 6.07) is 0.500. The number of esters is 1. The highest BCUT2D eigenvalue weighted by molar-refractivity contribution is 8.00. The maximum absolute atomic E-state index is 11.3. The summed E-state index contributed by atoms with van der Waals surface area (Å²) in [5, 5.41) is 6.37. The largest absolute Gasteiger partial charge is 0.469 e. The molecular weight excluding hydrogens is 252 g/mol. The van der Waals surface area contributed by atoms with Crippen LogP contribution >= 0.6 is 11.8 Å². The molecule has 2 fully saturated rings. The third kappa shape index (κ3) is 2.91. The number of thioether (sulfide) groups is 1. The van der Waals surface area contributed by atoms with Gasteiger partial charge in [0.1, 0.15) is 0 Å². The fourth-order valence-electron chi connectivity index (χ4n) is 2.59. The molecule has 2 amide bonds. The molecule has 18 heavy (non-hydrogen) atoms. The van der Waals surface area contributed by atoms with Gasteiger partial charge in [-0.3, -0.25) is 4.79 Å². The molecular formula is C12H20N2O3S. The molecule has 102 valence electrons. The first-order chi connectivity index (χ1) is 8.61. The number of carbonyl (C=O) groups is 2. The third-order valence-electron chi connectivity index (χ3n) is 3.67. The Hall–Kier alpha value is -0.910. The Morgan fingerprint density at radius 2 is 2.33 bits per heavy atom. The van der Waals surface area contributed by atoms with Crippen LogP contribution in [-0.4, -0.2) is 42.2 Å². The second-order valence-corrected chi connectivity index (χ2v) is 6.25. The molecule has 2 rings (SSSR count). The Bertz CT molecular complexity index is 337. The van der Waals surface area contributed by atoms with Gasteiger partial charge in [-0.15, -0.1) is 0 Å². The molecule has 6 heteroatoms. The molecule has 2 aliphatic rings. The van der Waals surface area contributed by atoms with Crippen molar-refractivity contribution in [2.45, 2.75) is 43.5 Å². The molecule has 0 aromatic carbocycles. The van der Waals surface area contributed by atoms with Crippen molar-refractivity contribution in [1.29, 1.82) is 0 Å². The van der Waals surface area contributed by atoms with E-state index in [2.05, 4.69) is 10.6 Å². The van der Waals surface area contributed by atoms with Crippen LogP contribution in [0, 0.1) is 5.92 Å². The first-order valence-electron chi connectivity index (χ1n) is 6.38. The lowest BCUT2D eigenvalue weighted by molar-refractivity contribution is -0.145. The van der Waals surface area contributed by atoms with Crippen LogP contribution in [0.4, 0.5) is 4.79 Å². The molecule has 5 nitrogen and oxygen atoms in total. The number of fused-ring (bicyclic) bond motifs is 1. The van der Waals surface area contributed by atoms with E-state index in [1.807, 2.05) is 18.7 Å². The van der Waals surface area contributed by atoms with Crippen molar-refractivity contribution in [1.82, 2.24) is 10.6 Å². The number of amides is 2. The fourth-order valence-corrected chi connectivity index (χ4v) is 4.13. The van der Waals surface area contributed by atoms with Crippen molar-refractivity contribution in [3.8, 4) is 0 Å². The summed E-state index contributed by atoms with van der Waals surface area (Å²) in [5.41, 5.74) is 0. The average molecular weight is 272 g/mol. The normalized spacial score (nSPS) is 31.4. The third-order valence-corrected chi connectivity index (χ3v) is 5.18. The van der Waals surface area contributed by atoms with Gasteiger partial charge in [0.2, 0.25) is 0 Å². The predicted molar refractivity (Wildman–Crippen MR) is 70.5 cm³/mol. The Balaban J connectivity index is 1.71. The SMILES string of the molecule is COC(=O)C(C)CCC[C@@H]1SC[C@@H]2NC(=O)N[C@@H]21. The summed E-state index contributed by atoms with van der Waals surface area (Å²) in [6.07, 6.45) is 2.88. The summed E-state index contributed by atoms with van der Waals surface area (Å²) >= 11 is 1.91. The van der Waals surface area contributed by atoms with Gasteiger partial charge in [-0.2, -0.15) is 11.8 Å². The molecule has 2 aliphatic heterocycles. The number of methoxy groups -OCH3 is 1. The predicted octanol–water partition coefficient (Wildman–Crippen LogP) is 1.13. The minimum absolute atomic E-state index is 0.0338. The van der Waals surface area contributed by atoms with E-state index >= 15 is 0 Å². The molecule has 0 aromatic heterocycles. The fraction of sp³-hybridized carbons (Fsp3) is 0.833. The highest BCUT2D eigenvalue weighted by atomic mass is 32.2. The van der Waals surface area contributed by atoms with Gasteiger partial charge in [0.25, 0.3) is 0 Å². The van der Waals surface area contributed by atoms with Crippen molar-refractivity contribution >= 4 is 23.8 Å². The van der Waals surface area contributed by atoms with E-state index in [0.29, 0.717) is 5.25 Å². The van der Waals surface area contributed by atoms with E-state index < -0.39 is 0 Å². The van der Waals surface area contributed by atoms with E-state index in [1.165, 1.54) is 7.11 Å². The quantitative estimate of drug-likeness (QED) is 0.581. The van der Waals surface area contributed by atoms with E-state index in [9.17, 15) is 9.59 Å². The summed E-state index contributed by atoms with van der Waals surface area (Å²) in [7, 11) is 1.43. The van der Waals surface area contributed by atoms with Crippen LogP contribution in [0.15, 0.2) is 0 Å². The lowest BCUT2D eigenvalue weighted by Gasteiger charge is -2.17. The van der Waals surface area contributed by atoms with Crippen LogP contribution in [0.5, 0.6) is 0 Å². The number of nitrogens with one attached hydrogen (secondary N) is 2. The Morgan fingerprint density at radius 1 is 1.56 bits per heavy atom. The maximum Gasteiger partial charge on any atom is 0.315 e. The molecule has 2 N–H and O–H groups in total. The summed E-state index contributed by atoms with van der Waals surface area (Å²) in [4.78, 5) is 22.5. The Morgan fingerprint density at radius 3 is 3.06 bits per heavy atom. The smallest absolute Gasteiger partial charge is 0.315 e. The second-order valence-electron chi connectivity index (χ2n) is 4.98. The summed E-state index contributed by atoms with van der Waals surface area (Å²) < 4.78 is 4.71. The van der Waals surface area contributed by atoms with Crippen LogP contribution in [0.3, 0.4) is 0 Å².